The lowest BCUT2D eigenvalue weighted by molar-refractivity contribution is -0.143. The van der Waals surface area contributed by atoms with Crippen LogP contribution < -0.4 is 5.32 Å². The van der Waals surface area contributed by atoms with E-state index >= 15 is 0 Å². The van der Waals surface area contributed by atoms with Gasteiger partial charge in [0.15, 0.2) is 0 Å². The molecule has 2 unspecified atom stereocenters. The molecule has 0 radical (unpaired) electrons. The van der Waals surface area contributed by atoms with Crippen LogP contribution in [0.3, 0.4) is 0 Å². The summed E-state index contributed by atoms with van der Waals surface area (Å²) in [6.07, 6.45) is 2.77. The molecular formula is C17H26ClNO2. The third kappa shape index (κ3) is 6.06. The van der Waals surface area contributed by atoms with Gasteiger partial charge in [-0.3, -0.25) is 10.1 Å². The molecule has 1 N–H and O–H groups in total. The fourth-order valence-electron chi connectivity index (χ4n) is 2.42. The van der Waals surface area contributed by atoms with Crippen molar-refractivity contribution in [1.29, 1.82) is 0 Å². The van der Waals surface area contributed by atoms with E-state index in [2.05, 4.69) is 26.1 Å². The fraction of sp³-hybridized carbons (Fsp3) is 0.588. The lowest BCUT2D eigenvalue weighted by atomic mass is 9.98. The zero-order valence-corrected chi connectivity index (χ0v) is 14.1. The average molecular weight is 312 g/mol. The normalized spacial score (nSPS) is 14.0. The number of methoxy groups -OCH3 is 1. The molecule has 0 heterocycles. The number of nitrogens with one attached hydrogen (secondary N) is 1. The van der Waals surface area contributed by atoms with Crippen molar-refractivity contribution >= 4 is 17.6 Å². The molecular weight excluding hydrogens is 286 g/mol. The maximum absolute atomic E-state index is 12.0. The highest BCUT2D eigenvalue weighted by Crippen LogP contribution is 2.22. The summed E-state index contributed by atoms with van der Waals surface area (Å²) in [5, 5.41) is 4.18. The van der Waals surface area contributed by atoms with Crippen molar-refractivity contribution in [2.75, 3.05) is 7.11 Å². The molecule has 0 bridgehead atoms. The zero-order chi connectivity index (χ0) is 15.8. The summed E-state index contributed by atoms with van der Waals surface area (Å²) in [5.74, 6) is 0.230. The Hall–Kier alpha value is -1.06. The molecule has 21 heavy (non-hydrogen) atoms. The summed E-state index contributed by atoms with van der Waals surface area (Å²) in [6.45, 7) is 6.35. The maximum Gasteiger partial charge on any atom is 0.322 e. The quantitative estimate of drug-likeness (QED) is 0.725. The average Bonchev–Trinajstić information content (AvgIpc) is 2.45. The number of rotatable bonds is 8. The lowest BCUT2D eigenvalue weighted by Crippen LogP contribution is -2.41. The first-order valence-electron chi connectivity index (χ1n) is 7.57. The molecule has 0 aliphatic carbocycles. The number of halogens is 1. The number of benzene rings is 1. The lowest BCUT2D eigenvalue weighted by Gasteiger charge is -2.25. The summed E-state index contributed by atoms with van der Waals surface area (Å²) in [4.78, 5) is 12.0. The van der Waals surface area contributed by atoms with Gasteiger partial charge in [-0.1, -0.05) is 50.9 Å². The monoisotopic (exact) mass is 311 g/mol. The van der Waals surface area contributed by atoms with E-state index in [9.17, 15) is 4.79 Å². The Balaban J connectivity index is 2.87. The number of hydrogen-bond donors (Lipinski definition) is 1. The first kappa shape index (κ1) is 18.0. The van der Waals surface area contributed by atoms with E-state index in [1.807, 2.05) is 24.3 Å². The van der Waals surface area contributed by atoms with Crippen LogP contribution in [0.1, 0.15) is 51.6 Å². The molecule has 3 nitrogen and oxygen atoms in total. The van der Waals surface area contributed by atoms with E-state index in [4.69, 9.17) is 16.3 Å². The first-order chi connectivity index (χ1) is 9.97. The summed E-state index contributed by atoms with van der Waals surface area (Å²) >= 11 is 5.95. The van der Waals surface area contributed by atoms with Crippen LogP contribution in [0.5, 0.6) is 0 Å². The van der Waals surface area contributed by atoms with Crippen LogP contribution in [-0.4, -0.2) is 19.1 Å². The Bertz CT molecular complexity index is 431. The number of carbonyl (C=O) groups excluding carboxylic acids is 1. The van der Waals surface area contributed by atoms with E-state index in [0.29, 0.717) is 5.92 Å². The molecule has 0 aliphatic rings. The second kappa shape index (κ2) is 9.06. The van der Waals surface area contributed by atoms with E-state index < -0.39 is 0 Å². The summed E-state index contributed by atoms with van der Waals surface area (Å²) in [7, 11) is 1.44. The number of ether oxygens (including phenoxy) is 1. The van der Waals surface area contributed by atoms with Crippen molar-refractivity contribution in [3.63, 3.8) is 0 Å². The van der Waals surface area contributed by atoms with E-state index in [0.717, 1.165) is 29.8 Å². The van der Waals surface area contributed by atoms with Crippen LogP contribution in [0.2, 0.25) is 5.02 Å². The minimum atomic E-state index is -0.276. The van der Waals surface area contributed by atoms with Gasteiger partial charge in [-0.2, -0.15) is 0 Å². The molecule has 0 saturated carbocycles. The van der Waals surface area contributed by atoms with Gasteiger partial charge in [-0.05, 0) is 36.5 Å². The van der Waals surface area contributed by atoms with Crippen molar-refractivity contribution in [2.24, 2.45) is 5.92 Å². The van der Waals surface area contributed by atoms with Crippen LogP contribution in [-0.2, 0) is 9.53 Å². The van der Waals surface area contributed by atoms with Gasteiger partial charge in [0.05, 0.1) is 7.11 Å². The summed E-state index contributed by atoms with van der Waals surface area (Å²) in [5.41, 5.74) is 1.15. The van der Waals surface area contributed by atoms with Gasteiger partial charge < -0.3 is 4.74 Å². The van der Waals surface area contributed by atoms with Crippen LogP contribution in [0.4, 0.5) is 0 Å². The van der Waals surface area contributed by atoms with Crippen molar-refractivity contribution in [3.05, 3.63) is 34.9 Å². The number of esters is 1. The minimum Gasteiger partial charge on any atom is -0.468 e. The van der Waals surface area contributed by atoms with E-state index in [-0.39, 0.29) is 18.1 Å². The molecule has 0 aliphatic heterocycles. The number of hydrogen-bond acceptors (Lipinski definition) is 3. The highest BCUT2D eigenvalue weighted by Gasteiger charge is 2.24. The second-order valence-corrected chi connectivity index (χ2v) is 6.20. The van der Waals surface area contributed by atoms with Crippen molar-refractivity contribution in [3.8, 4) is 0 Å². The first-order valence-corrected chi connectivity index (χ1v) is 7.95. The summed E-state index contributed by atoms with van der Waals surface area (Å²) in [6, 6.07) is 7.66. The zero-order valence-electron chi connectivity index (χ0n) is 13.4. The predicted octanol–water partition coefficient (Wildman–Crippen LogP) is 4.36. The molecule has 118 valence electrons. The van der Waals surface area contributed by atoms with Crippen molar-refractivity contribution in [2.45, 2.75) is 52.1 Å². The fourth-order valence-corrected chi connectivity index (χ4v) is 2.54. The highest BCUT2D eigenvalue weighted by atomic mass is 35.5. The molecule has 1 aromatic rings. The molecule has 0 spiro atoms. The van der Waals surface area contributed by atoms with Crippen LogP contribution in [0.15, 0.2) is 24.3 Å². The standard InChI is InChI=1S/C17H26ClNO2/c1-5-6-15(13-7-9-14(18)10-8-13)19-16(11-12(2)3)17(20)21-4/h7-10,12,15-16,19H,5-6,11H2,1-4H3. The molecule has 1 rings (SSSR count). The molecule has 0 amide bonds. The molecule has 0 saturated heterocycles. The Morgan fingerprint density at radius 2 is 1.90 bits per heavy atom. The molecule has 0 fully saturated rings. The Kier molecular flexibility index (Phi) is 7.76. The minimum absolute atomic E-state index is 0.134. The smallest absolute Gasteiger partial charge is 0.322 e. The largest absolute Gasteiger partial charge is 0.468 e. The van der Waals surface area contributed by atoms with Gasteiger partial charge >= 0.3 is 5.97 Å². The maximum atomic E-state index is 12.0. The second-order valence-electron chi connectivity index (χ2n) is 5.76. The van der Waals surface area contributed by atoms with Crippen LogP contribution >= 0.6 is 11.6 Å². The third-order valence-electron chi connectivity index (χ3n) is 3.44. The third-order valence-corrected chi connectivity index (χ3v) is 3.70. The molecule has 4 heteroatoms. The Labute approximate surface area is 133 Å². The Morgan fingerprint density at radius 3 is 2.38 bits per heavy atom. The molecule has 2 atom stereocenters. The van der Waals surface area contributed by atoms with Crippen molar-refractivity contribution in [1.82, 2.24) is 5.32 Å². The molecule has 0 aromatic heterocycles. The van der Waals surface area contributed by atoms with Gasteiger partial charge in [0.2, 0.25) is 0 Å². The SMILES string of the molecule is CCCC(NC(CC(C)C)C(=O)OC)c1ccc(Cl)cc1. The van der Waals surface area contributed by atoms with E-state index in [1.165, 1.54) is 7.11 Å². The van der Waals surface area contributed by atoms with Gasteiger partial charge in [0.25, 0.3) is 0 Å². The Morgan fingerprint density at radius 1 is 1.29 bits per heavy atom. The van der Waals surface area contributed by atoms with Gasteiger partial charge in [-0.25, -0.2) is 0 Å². The van der Waals surface area contributed by atoms with Crippen LogP contribution in [0, 0.1) is 5.92 Å². The topological polar surface area (TPSA) is 38.3 Å². The van der Waals surface area contributed by atoms with E-state index in [1.54, 1.807) is 0 Å². The van der Waals surface area contributed by atoms with Crippen LogP contribution in [0.25, 0.3) is 0 Å². The predicted molar refractivity (Wildman–Crippen MR) is 87.5 cm³/mol. The number of carbonyl (C=O) groups is 1. The van der Waals surface area contributed by atoms with Gasteiger partial charge in [-0.15, -0.1) is 0 Å². The summed E-state index contributed by atoms with van der Waals surface area (Å²) < 4.78 is 4.92. The molecule has 1 aromatic carbocycles. The highest BCUT2D eigenvalue weighted by molar-refractivity contribution is 6.30. The van der Waals surface area contributed by atoms with Gasteiger partial charge in [0.1, 0.15) is 6.04 Å². The van der Waals surface area contributed by atoms with Crippen molar-refractivity contribution < 1.29 is 9.53 Å². The van der Waals surface area contributed by atoms with Gasteiger partial charge in [0, 0.05) is 11.1 Å².